The zero-order valence-electron chi connectivity index (χ0n) is 13.8. The Kier molecular flexibility index (Phi) is 5.11. The third-order valence-electron chi connectivity index (χ3n) is 4.25. The number of hydrogen-bond donors (Lipinski definition) is 1. The molecule has 3 rings (SSSR count). The first-order valence-electron chi connectivity index (χ1n) is 8.20. The van der Waals surface area contributed by atoms with Gasteiger partial charge in [-0.3, -0.25) is 9.69 Å². The molecule has 0 unspecified atom stereocenters. The van der Waals surface area contributed by atoms with Gasteiger partial charge in [0.15, 0.2) is 0 Å². The first-order valence-corrected chi connectivity index (χ1v) is 8.20. The highest BCUT2D eigenvalue weighted by Crippen LogP contribution is 2.21. The Bertz CT molecular complexity index is 694. The summed E-state index contributed by atoms with van der Waals surface area (Å²) in [5.74, 6) is -0.216. The van der Waals surface area contributed by atoms with Gasteiger partial charge in [0.1, 0.15) is 5.82 Å². The monoisotopic (exact) mass is 327 g/mol. The Balaban J connectivity index is 1.54. The van der Waals surface area contributed by atoms with Gasteiger partial charge in [0.2, 0.25) is 5.91 Å². The summed E-state index contributed by atoms with van der Waals surface area (Å²) in [7, 11) is 0. The van der Waals surface area contributed by atoms with Gasteiger partial charge in [-0.15, -0.1) is 0 Å². The largest absolute Gasteiger partial charge is 0.367 e. The van der Waals surface area contributed by atoms with Gasteiger partial charge in [0.25, 0.3) is 0 Å². The minimum atomic E-state index is -0.153. The number of amides is 1. The lowest BCUT2D eigenvalue weighted by Crippen LogP contribution is -2.46. The zero-order valence-corrected chi connectivity index (χ0v) is 13.8. The molecule has 1 aliphatic rings. The normalized spacial score (nSPS) is 15.3. The molecule has 24 heavy (non-hydrogen) atoms. The molecule has 1 N–H and O–H groups in total. The molecule has 1 saturated heterocycles. The van der Waals surface area contributed by atoms with Crippen molar-refractivity contribution < 1.29 is 9.18 Å². The molecule has 2 aromatic rings. The number of nitrogens with zero attached hydrogens (tertiary/aromatic N) is 2. The molecule has 2 aromatic carbocycles. The van der Waals surface area contributed by atoms with Crippen LogP contribution in [0.2, 0.25) is 0 Å². The van der Waals surface area contributed by atoms with Gasteiger partial charge in [0.05, 0.1) is 5.69 Å². The third-order valence-corrected chi connectivity index (χ3v) is 4.25. The molecule has 0 radical (unpaired) electrons. The lowest BCUT2D eigenvalue weighted by molar-refractivity contribution is -0.114. The molecule has 1 fully saturated rings. The molecule has 0 spiro atoms. The number of carbonyl (C=O) groups is 1. The predicted molar refractivity (Wildman–Crippen MR) is 94.6 cm³/mol. The van der Waals surface area contributed by atoms with E-state index in [1.54, 1.807) is 6.07 Å². The van der Waals surface area contributed by atoms with Gasteiger partial charge in [-0.05, 0) is 29.8 Å². The third kappa shape index (κ3) is 4.11. The quantitative estimate of drug-likeness (QED) is 0.937. The Morgan fingerprint density at radius 1 is 1.04 bits per heavy atom. The van der Waals surface area contributed by atoms with Crippen molar-refractivity contribution in [3.63, 3.8) is 0 Å². The van der Waals surface area contributed by atoms with Crippen LogP contribution in [0, 0.1) is 5.82 Å². The summed E-state index contributed by atoms with van der Waals surface area (Å²) in [5.41, 5.74) is 2.72. The Hall–Kier alpha value is -2.40. The second kappa shape index (κ2) is 7.45. The summed E-state index contributed by atoms with van der Waals surface area (Å²) in [6, 6.07) is 14.9. The highest BCUT2D eigenvalue weighted by molar-refractivity contribution is 5.88. The Labute approximate surface area is 141 Å². The SMILES string of the molecule is CC(=O)Nc1ccc(CN2CCN(c3ccccc3F)CC2)cc1. The van der Waals surface area contributed by atoms with Crippen molar-refractivity contribution >= 4 is 17.3 Å². The number of nitrogens with one attached hydrogen (secondary N) is 1. The first-order chi connectivity index (χ1) is 11.6. The molecule has 5 heteroatoms. The van der Waals surface area contributed by atoms with E-state index in [2.05, 4.69) is 15.1 Å². The molecule has 1 aliphatic heterocycles. The van der Waals surface area contributed by atoms with E-state index in [1.807, 2.05) is 36.4 Å². The van der Waals surface area contributed by atoms with Crippen LogP contribution >= 0.6 is 0 Å². The lowest BCUT2D eigenvalue weighted by Gasteiger charge is -2.36. The van der Waals surface area contributed by atoms with Gasteiger partial charge in [-0.25, -0.2) is 4.39 Å². The van der Waals surface area contributed by atoms with Crippen LogP contribution in [0.15, 0.2) is 48.5 Å². The van der Waals surface area contributed by atoms with Gasteiger partial charge < -0.3 is 10.2 Å². The lowest BCUT2D eigenvalue weighted by atomic mass is 10.1. The van der Waals surface area contributed by atoms with Crippen LogP contribution < -0.4 is 10.2 Å². The molecular weight excluding hydrogens is 305 g/mol. The van der Waals surface area contributed by atoms with Gasteiger partial charge >= 0.3 is 0 Å². The van der Waals surface area contributed by atoms with Crippen LogP contribution in [0.1, 0.15) is 12.5 Å². The number of carbonyl (C=O) groups excluding carboxylic acids is 1. The van der Waals surface area contributed by atoms with Crippen LogP contribution in [0.4, 0.5) is 15.8 Å². The fraction of sp³-hybridized carbons (Fsp3) is 0.316. The van der Waals surface area contributed by atoms with Gasteiger partial charge in [-0.2, -0.15) is 0 Å². The summed E-state index contributed by atoms with van der Waals surface area (Å²) in [5, 5.41) is 2.77. The average Bonchev–Trinajstić information content (AvgIpc) is 2.58. The van der Waals surface area contributed by atoms with Crippen molar-refractivity contribution in [1.82, 2.24) is 4.90 Å². The van der Waals surface area contributed by atoms with E-state index in [4.69, 9.17) is 0 Å². The predicted octanol–water partition coefficient (Wildman–Crippen LogP) is 3.11. The van der Waals surface area contributed by atoms with Crippen molar-refractivity contribution in [3.05, 3.63) is 59.9 Å². The van der Waals surface area contributed by atoms with Gasteiger partial charge in [0, 0.05) is 45.3 Å². The number of benzene rings is 2. The second-order valence-electron chi connectivity index (χ2n) is 6.09. The topological polar surface area (TPSA) is 35.6 Å². The van der Waals surface area contributed by atoms with E-state index in [0.29, 0.717) is 5.69 Å². The summed E-state index contributed by atoms with van der Waals surface area (Å²) in [6.07, 6.45) is 0. The molecule has 4 nitrogen and oxygen atoms in total. The van der Waals surface area contributed by atoms with E-state index >= 15 is 0 Å². The number of hydrogen-bond acceptors (Lipinski definition) is 3. The summed E-state index contributed by atoms with van der Waals surface area (Å²) in [6.45, 7) is 5.83. The fourth-order valence-corrected chi connectivity index (χ4v) is 3.01. The van der Waals surface area contributed by atoms with Crippen molar-refractivity contribution in [2.24, 2.45) is 0 Å². The number of halogens is 1. The smallest absolute Gasteiger partial charge is 0.221 e. The van der Waals surface area contributed by atoms with Crippen LogP contribution in [0.3, 0.4) is 0 Å². The van der Waals surface area contributed by atoms with Gasteiger partial charge in [-0.1, -0.05) is 24.3 Å². The Morgan fingerprint density at radius 2 is 1.71 bits per heavy atom. The summed E-state index contributed by atoms with van der Waals surface area (Å²) in [4.78, 5) is 15.5. The van der Waals surface area contributed by atoms with E-state index in [0.717, 1.165) is 38.4 Å². The highest BCUT2D eigenvalue weighted by Gasteiger charge is 2.19. The van der Waals surface area contributed by atoms with Crippen molar-refractivity contribution in [2.75, 3.05) is 36.4 Å². The summed E-state index contributed by atoms with van der Waals surface area (Å²) < 4.78 is 13.9. The van der Waals surface area contributed by atoms with E-state index in [9.17, 15) is 9.18 Å². The number of piperazine rings is 1. The van der Waals surface area contributed by atoms with E-state index in [1.165, 1.54) is 18.6 Å². The molecule has 1 amide bonds. The minimum Gasteiger partial charge on any atom is -0.367 e. The molecule has 0 saturated carbocycles. The molecule has 0 atom stereocenters. The standard InChI is InChI=1S/C19H22FN3O/c1-15(24)21-17-8-6-16(7-9-17)14-22-10-12-23(13-11-22)19-5-3-2-4-18(19)20/h2-9H,10-14H2,1H3,(H,21,24). The molecule has 1 heterocycles. The fourth-order valence-electron chi connectivity index (χ4n) is 3.01. The molecule has 0 aliphatic carbocycles. The van der Waals surface area contributed by atoms with Crippen LogP contribution in [0.5, 0.6) is 0 Å². The van der Waals surface area contributed by atoms with Crippen molar-refractivity contribution in [2.45, 2.75) is 13.5 Å². The molecule has 126 valence electrons. The van der Waals surface area contributed by atoms with Crippen molar-refractivity contribution in [3.8, 4) is 0 Å². The minimum absolute atomic E-state index is 0.0629. The number of rotatable bonds is 4. The maximum atomic E-state index is 13.9. The zero-order chi connectivity index (χ0) is 16.9. The Morgan fingerprint density at radius 3 is 2.33 bits per heavy atom. The van der Waals surface area contributed by atoms with Crippen molar-refractivity contribution in [1.29, 1.82) is 0 Å². The molecular formula is C19H22FN3O. The maximum absolute atomic E-state index is 13.9. The summed E-state index contributed by atoms with van der Waals surface area (Å²) >= 11 is 0. The second-order valence-corrected chi connectivity index (χ2v) is 6.09. The van der Waals surface area contributed by atoms with Crippen LogP contribution in [0.25, 0.3) is 0 Å². The van der Waals surface area contributed by atoms with Crippen LogP contribution in [-0.2, 0) is 11.3 Å². The average molecular weight is 327 g/mol. The highest BCUT2D eigenvalue weighted by atomic mass is 19.1. The maximum Gasteiger partial charge on any atom is 0.221 e. The molecule has 0 aromatic heterocycles. The first kappa shape index (κ1) is 16.5. The van der Waals surface area contributed by atoms with Crippen LogP contribution in [-0.4, -0.2) is 37.0 Å². The number of anilines is 2. The van der Waals surface area contributed by atoms with E-state index in [-0.39, 0.29) is 11.7 Å². The molecule has 0 bridgehead atoms. The van der Waals surface area contributed by atoms with E-state index < -0.39 is 0 Å². The number of para-hydroxylation sites is 1.